The van der Waals surface area contributed by atoms with Crippen LogP contribution < -0.4 is 15.5 Å². The number of carbonyl (C=O) groups excluding carboxylic acids is 2. The number of amides is 2. The van der Waals surface area contributed by atoms with Crippen LogP contribution in [0.1, 0.15) is 11.1 Å². The lowest BCUT2D eigenvalue weighted by Crippen LogP contribution is -2.35. The Morgan fingerprint density at radius 1 is 1.43 bits per heavy atom. The van der Waals surface area contributed by atoms with Gasteiger partial charge >= 0.3 is 11.8 Å². The van der Waals surface area contributed by atoms with E-state index in [4.69, 9.17) is 4.74 Å². The number of nitrogens with one attached hydrogen (secondary N) is 2. The lowest BCUT2D eigenvalue weighted by atomic mass is 10.1. The van der Waals surface area contributed by atoms with Crippen LogP contribution in [0, 0.1) is 0 Å². The second kappa shape index (κ2) is 7.68. The number of hydrogen-bond donors (Lipinski definition) is 3. The van der Waals surface area contributed by atoms with E-state index in [1.807, 2.05) is 0 Å². The summed E-state index contributed by atoms with van der Waals surface area (Å²) in [5.74, 6) is -1.34. The number of benzene rings is 1. The van der Waals surface area contributed by atoms with Gasteiger partial charge in [0.25, 0.3) is 0 Å². The molecule has 0 bridgehead atoms. The molecule has 0 saturated carbocycles. The van der Waals surface area contributed by atoms with Crippen molar-refractivity contribution in [1.29, 1.82) is 0 Å². The van der Waals surface area contributed by atoms with Crippen LogP contribution in [0.3, 0.4) is 0 Å². The molecule has 0 aliphatic rings. The van der Waals surface area contributed by atoms with Gasteiger partial charge in [-0.1, -0.05) is 6.08 Å². The van der Waals surface area contributed by atoms with Crippen LogP contribution in [0.5, 0.6) is 11.5 Å². The summed E-state index contributed by atoms with van der Waals surface area (Å²) in [6.45, 7) is 3.61. The van der Waals surface area contributed by atoms with Crippen molar-refractivity contribution in [1.82, 2.24) is 10.7 Å². The maximum Gasteiger partial charge on any atom is 0.329 e. The van der Waals surface area contributed by atoms with Gasteiger partial charge in [-0.15, -0.1) is 6.58 Å². The van der Waals surface area contributed by atoms with Crippen LogP contribution >= 0.6 is 0 Å². The minimum absolute atomic E-state index is 0.0314. The summed E-state index contributed by atoms with van der Waals surface area (Å²) in [5.41, 5.74) is 3.29. The highest BCUT2D eigenvalue weighted by Crippen LogP contribution is 2.31. The summed E-state index contributed by atoms with van der Waals surface area (Å²) < 4.78 is 5.06. The largest absolute Gasteiger partial charge is 0.504 e. The zero-order valence-corrected chi connectivity index (χ0v) is 11.8. The normalized spacial score (nSPS) is 10.2. The topological polar surface area (TPSA) is 100 Å². The number of rotatable bonds is 5. The lowest BCUT2D eigenvalue weighted by molar-refractivity contribution is -0.138. The first-order valence-electron chi connectivity index (χ1n) is 6.09. The molecule has 0 saturated heterocycles. The minimum atomic E-state index is -0.870. The first-order valence-corrected chi connectivity index (χ1v) is 6.09. The number of ether oxygens (including phenoxy) is 1. The molecule has 0 aliphatic carbocycles. The number of carbonyl (C=O) groups is 2. The number of nitrogens with zero attached hydrogens (tertiary/aromatic N) is 1. The SMILES string of the molecule is C=CCc1cc(/C=N/NC(=O)C(=O)NC)cc(OC)c1O. The van der Waals surface area contributed by atoms with Gasteiger partial charge in [0, 0.05) is 12.6 Å². The Morgan fingerprint density at radius 3 is 2.71 bits per heavy atom. The van der Waals surface area contributed by atoms with Gasteiger partial charge in [-0.05, 0) is 24.1 Å². The average molecular weight is 291 g/mol. The van der Waals surface area contributed by atoms with Crippen molar-refractivity contribution in [3.8, 4) is 11.5 Å². The fraction of sp³-hybridized carbons (Fsp3) is 0.214. The molecule has 7 nitrogen and oxygen atoms in total. The maximum absolute atomic E-state index is 11.2. The van der Waals surface area contributed by atoms with Gasteiger partial charge in [-0.3, -0.25) is 9.59 Å². The second-order valence-corrected chi connectivity index (χ2v) is 4.00. The van der Waals surface area contributed by atoms with Crippen LogP contribution in [-0.2, 0) is 16.0 Å². The summed E-state index contributed by atoms with van der Waals surface area (Å²) in [4.78, 5) is 22.2. The molecule has 3 N–H and O–H groups in total. The molecular formula is C14H17N3O4. The smallest absolute Gasteiger partial charge is 0.329 e. The molecule has 1 aromatic rings. The summed E-state index contributed by atoms with van der Waals surface area (Å²) >= 11 is 0. The zero-order chi connectivity index (χ0) is 15.8. The van der Waals surface area contributed by atoms with E-state index in [9.17, 15) is 14.7 Å². The fourth-order valence-electron chi connectivity index (χ4n) is 1.56. The Labute approximate surface area is 122 Å². The van der Waals surface area contributed by atoms with E-state index in [1.54, 1.807) is 18.2 Å². The number of hydrogen-bond acceptors (Lipinski definition) is 5. The molecule has 21 heavy (non-hydrogen) atoms. The molecule has 1 aromatic carbocycles. The van der Waals surface area contributed by atoms with E-state index in [-0.39, 0.29) is 11.5 Å². The van der Waals surface area contributed by atoms with Gasteiger partial charge in [0.1, 0.15) is 0 Å². The standard InChI is InChI=1S/C14H17N3O4/c1-4-5-10-6-9(7-11(21-3)12(10)18)8-16-17-14(20)13(19)15-2/h4,6-8,18H,1,5H2,2-3H3,(H,15,19)(H,17,20)/b16-8+. The molecule has 112 valence electrons. The van der Waals surface area contributed by atoms with Gasteiger partial charge in [0.05, 0.1) is 13.3 Å². The molecule has 0 unspecified atom stereocenters. The lowest BCUT2D eigenvalue weighted by Gasteiger charge is -2.09. The zero-order valence-electron chi connectivity index (χ0n) is 11.8. The van der Waals surface area contributed by atoms with Crippen LogP contribution in [0.15, 0.2) is 29.9 Å². The molecule has 0 heterocycles. The number of phenols is 1. The highest BCUT2D eigenvalue weighted by Gasteiger charge is 2.10. The second-order valence-electron chi connectivity index (χ2n) is 4.00. The van der Waals surface area contributed by atoms with Gasteiger partial charge in [0.15, 0.2) is 11.5 Å². The number of aromatic hydroxyl groups is 1. The highest BCUT2D eigenvalue weighted by molar-refractivity contribution is 6.34. The number of allylic oxidation sites excluding steroid dienone is 1. The summed E-state index contributed by atoms with van der Waals surface area (Å²) in [6, 6.07) is 3.23. The van der Waals surface area contributed by atoms with Gasteiger partial charge in [-0.2, -0.15) is 5.10 Å². The summed E-state index contributed by atoms with van der Waals surface area (Å²) in [6.07, 6.45) is 3.44. The molecule has 2 amide bonds. The molecule has 1 rings (SSSR count). The monoisotopic (exact) mass is 291 g/mol. The van der Waals surface area contributed by atoms with Crippen LogP contribution in [0.4, 0.5) is 0 Å². The fourth-order valence-corrected chi connectivity index (χ4v) is 1.56. The van der Waals surface area contributed by atoms with Crippen molar-refractivity contribution in [3.05, 3.63) is 35.9 Å². The van der Waals surface area contributed by atoms with Crippen LogP contribution in [0.2, 0.25) is 0 Å². The number of likely N-dealkylation sites (N-methyl/N-ethyl adjacent to an activating group) is 1. The van der Waals surface area contributed by atoms with Gasteiger partial charge < -0.3 is 15.2 Å². The quantitative estimate of drug-likeness (QED) is 0.315. The molecule has 0 spiro atoms. The van der Waals surface area contributed by atoms with E-state index >= 15 is 0 Å². The van der Waals surface area contributed by atoms with E-state index in [0.29, 0.717) is 17.5 Å². The van der Waals surface area contributed by atoms with Crippen LogP contribution in [0.25, 0.3) is 0 Å². The van der Waals surface area contributed by atoms with Crippen molar-refractivity contribution in [2.75, 3.05) is 14.2 Å². The molecule has 0 atom stereocenters. The minimum Gasteiger partial charge on any atom is -0.504 e. The molecule has 0 aliphatic heterocycles. The van der Waals surface area contributed by atoms with Crippen LogP contribution in [-0.4, -0.2) is 37.3 Å². The number of methoxy groups -OCH3 is 1. The first-order chi connectivity index (χ1) is 10.0. The molecule has 0 aromatic heterocycles. The van der Waals surface area contributed by atoms with Crippen molar-refractivity contribution in [2.24, 2.45) is 5.10 Å². The third-order valence-electron chi connectivity index (χ3n) is 2.57. The van der Waals surface area contributed by atoms with Gasteiger partial charge in [-0.25, -0.2) is 5.43 Å². The maximum atomic E-state index is 11.2. The van der Waals surface area contributed by atoms with E-state index in [2.05, 4.69) is 22.4 Å². The number of hydrazone groups is 1. The Kier molecular flexibility index (Phi) is 5.94. The Hall–Kier alpha value is -2.83. The summed E-state index contributed by atoms with van der Waals surface area (Å²) in [5, 5.41) is 15.8. The van der Waals surface area contributed by atoms with Crippen molar-refractivity contribution >= 4 is 18.0 Å². The van der Waals surface area contributed by atoms with Crippen molar-refractivity contribution in [2.45, 2.75) is 6.42 Å². The summed E-state index contributed by atoms with van der Waals surface area (Å²) in [7, 11) is 2.78. The predicted octanol–water partition coefficient (Wildman–Crippen LogP) is 0.325. The average Bonchev–Trinajstić information content (AvgIpc) is 2.49. The highest BCUT2D eigenvalue weighted by atomic mass is 16.5. The third-order valence-corrected chi connectivity index (χ3v) is 2.57. The van der Waals surface area contributed by atoms with Crippen molar-refractivity contribution in [3.63, 3.8) is 0 Å². The Morgan fingerprint density at radius 2 is 2.14 bits per heavy atom. The first kappa shape index (κ1) is 16.2. The Bertz CT molecular complexity index is 582. The van der Waals surface area contributed by atoms with Gasteiger partial charge in [0.2, 0.25) is 0 Å². The molecule has 0 radical (unpaired) electrons. The third kappa shape index (κ3) is 4.34. The molecule has 0 fully saturated rings. The van der Waals surface area contributed by atoms with E-state index in [0.717, 1.165) is 0 Å². The molecule has 7 heteroatoms. The van der Waals surface area contributed by atoms with E-state index in [1.165, 1.54) is 20.4 Å². The number of phenolic OH excluding ortho intramolecular Hbond substituents is 1. The molecular weight excluding hydrogens is 274 g/mol. The Balaban J connectivity index is 2.92. The van der Waals surface area contributed by atoms with E-state index < -0.39 is 11.8 Å². The van der Waals surface area contributed by atoms with Crippen molar-refractivity contribution < 1.29 is 19.4 Å². The predicted molar refractivity (Wildman–Crippen MR) is 78.4 cm³/mol.